The van der Waals surface area contributed by atoms with Crippen LogP contribution in [0.1, 0.15) is 52.9 Å². The van der Waals surface area contributed by atoms with Gasteiger partial charge in [0, 0.05) is 25.7 Å². The van der Waals surface area contributed by atoms with Gasteiger partial charge in [0.2, 0.25) is 0 Å². The Morgan fingerprint density at radius 1 is 1.19 bits per heavy atom. The third-order valence-electron chi connectivity index (χ3n) is 3.94. The lowest BCUT2D eigenvalue weighted by molar-refractivity contribution is 0.118. The lowest BCUT2D eigenvalue weighted by Gasteiger charge is -2.38. The van der Waals surface area contributed by atoms with Crippen molar-refractivity contribution in [2.75, 3.05) is 20.1 Å². The van der Waals surface area contributed by atoms with Gasteiger partial charge in [-0.15, -0.1) is 0 Å². The fourth-order valence-corrected chi connectivity index (χ4v) is 1.97. The molecule has 0 aliphatic carbocycles. The van der Waals surface area contributed by atoms with Crippen LogP contribution in [0.2, 0.25) is 0 Å². The smallest absolute Gasteiger partial charge is 0.320 e. The predicted molar refractivity (Wildman–Crippen MR) is 67.6 cm³/mol. The van der Waals surface area contributed by atoms with Gasteiger partial charge in [0.15, 0.2) is 0 Å². The molecule has 1 saturated heterocycles. The van der Waals surface area contributed by atoms with Crippen LogP contribution in [0.5, 0.6) is 0 Å². The summed E-state index contributed by atoms with van der Waals surface area (Å²) in [4.78, 5) is 16.2. The van der Waals surface area contributed by atoms with E-state index in [2.05, 4.69) is 20.8 Å². The zero-order valence-corrected chi connectivity index (χ0v) is 11.3. The van der Waals surface area contributed by atoms with Gasteiger partial charge in [-0.2, -0.15) is 0 Å². The molecule has 3 heteroatoms. The Hall–Kier alpha value is -0.730. The number of carbonyl (C=O) groups excluding carboxylic acids is 1. The number of hydrogen-bond acceptors (Lipinski definition) is 1. The standard InChI is InChI=1S/C13H26N2O/c1-5-13(2,3)14(4)12(16)15-10-8-6-7-9-11-15/h5-11H2,1-4H3. The first-order chi connectivity index (χ1) is 7.49. The summed E-state index contributed by atoms with van der Waals surface area (Å²) in [6, 6.07) is 0.203. The molecule has 0 bridgehead atoms. The summed E-state index contributed by atoms with van der Waals surface area (Å²) in [5.74, 6) is 0. The minimum atomic E-state index is -0.0383. The molecule has 3 nitrogen and oxygen atoms in total. The molecule has 1 fully saturated rings. The number of hydrogen-bond donors (Lipinski definition) is 0. The number of amides is 2. The third kappa shape index (κ3) is 3.13. The lowest BCUT2D eigenvalue weighted by Crippen LogP contribution is -2.51. The SMILES string of the molecule is CCC(C)(C)N(C)C(=O)N1CCCCCC1. The van der Waals surface area contributed by atoms with Gasteiger partial charge in [0.25, 0.3) is 0 Å². The molecule has 0 N–H and O–H groups in total. The molecule has 2 amide bonds. The zero-order valence-electron chi connectivity index (χ0n) is 11.3. The third-order valence-corrected chi connectivity index (χ3v) is 3.94. The maximum atomic E-state index is 12.3. The van der Waals surface area contributed by atoms with Gasteiger partial charge in [-0.05, 0) is 33.1 Å². The van der Waals surface area contributed by atoms with Gasteiger partial charge in [-0.1, -0.05) is 19.8 Å². The van der Waals surface area contributed by atoms with Crippen LogP contribution in [0.25, 0.3) is 0 Å². The summed E-state index contributed by atoms with van der Waals surface area (Å²) in [6.45, 7) is 8.25. The van der Waals surface area contributed by atoms with E-state index in [4.69, 9.17) is 0 Å². The van der Waals surface area contributed by atoms with Gasteiger partial charge < -0.3 is 9.80 Å². The first-order valence-electron chi connectivity index (χ1n) is 6.52. The molecule has 0 aromatic carbocycles. The van der Waals surface area contributed by atoms with Crippen molar-refractivity contribution in [2.24, 2.45) is 0 Å². The molecule has 1 heterocycles. The fourth-order valence-electron chi connectivity index (χ4n) is 1.97. The molecule has 94 valence electrons. The van der Waals surface area contributed by atoms with Crippen molar-refractivity contribution in [2.45, 2.75) is 58.4 Å². The molecular weight excluding hydrogens is 200 g/mol. The van der Waals surface area contributed by atoms with E-state index in [1.807, 2.05) is 16.8 Å². The van der Waals surface area contributed by atoms with Crippen LogP contribution in [0.15, 0.2) is 0 Å². The monoisotopic (exact) mass is 226 g/mol. The molecule has 0 spiro atoms. The Labute approximate surface area is 99.8 Å². The Kier molecular flexibility index (Phi) is 4.63. The van der Waals surface area contributed by atoms with E-state index in [9.17, 15) is 4.79 Å². The fraction of sp³-hybridized carbons (Fsp3) is 0.923. The van der Waals surface area contributed by atoms with Crippen molar-refractivity contribution in [3.8, 4) is 0 Å². The number of rotatable bonds is 2. The largest absolute Gasteiger partial charge is 0.325 e. The normalized spacial score (nSPS) is 18.1. The Bertz CT molecular complexity index is 230. The molecule has 0 aromatic heterocycles. The van der Waals surface area contributed by atoms with E-state index in [1.165, 1.54) is 12.8 Å². The van der Waals surface area contributed by atoms with Crippen LogP contribution in [0, 0.1) is 0 Å². The number of nitrogens with zero attached hydrogens (tertiary/aromatic N) is 2. The highest BCUT2D eigenvalue weighted by Gasteiger charge is 2.29. The van der Waals surface area contributed by atoms with Crippen LogP contribution >= 0.6 is 0 Å². The summed E-state index contributed by atoms with van der Waals surface area (Å²) in [5.41, 5.74) is -0.0383. The molecule has 16 heavy (non-hydrogen) atoms. The number of carbonyl (C=O) groups is 1. The van der Waals surface area contributed by atoms with Crippen LogP contribution in [0.4, 0.5) is 4.79 Å². The van der Waals surface area contributed by atoms with Crippen molar-refractivity contribution >= 4 is 6.03 Å². The summed E-state index contributed by atoms with van der Waals surface area (Å²) < 4.78 is 0. The van der Waals surface area contributed by atoms with Gasteiger partial charge in [-0.3, -0.25) is 0 Å². The summed E-state index contributed by atoms with van der Waals surface area (Å²) in [5, 5.41) is 0. The molecule has 0 unspecified atom stereocenters. The van der Waals surface area contributed by atoms with E-state index < -0.39 is 0 Å². The average molecular weight is 226 g/mol. The molecule has 0 saturated carbocycles. The molecule has 1 aliphatic heterocycles. The van der Waals surface area contributed by atoms with Crippen LogP contribution in [0.3, 0.4) is 0 Å². The van der Waals surface area contributed by atoms with E-state index in [0.29, 0.717) is 0 Å². The summed E-state index contributed by atoms with van der Waals surface area (Å²) in [6.07, 6.45) is 5.84. The van der Waals surface area contributed by atoms with Crippen molar-refractivity contribution in [1.29, 1.82) is 0 Å². The number of urea groups is 1. The first-order valence-corrected chi connectivity index (χ1v) is 6.52. The Balaban J connectivity index is 2.61. The van der Waals surface area contributed by atoms with Gasteiger partial charge in [0.05, 0.1) is 0 Å². The van der Waals surface area contributed by atoms with Crippen molar-refractivity contribution in [3.05, 3.63) is 0 Å². The van der Waals surface area contributed by atoms with Crippen molar-refractivity contribution < 1.29 is 4.79 Å². The van der Waals surface area contributed by atoms with Gasteiger partial charge in [-0.25, -0.2) is 4.79 Å². The highest BCUT2D eigenvalue weighted by atomic mass is 16.2. The van der Waals surface area contributed by atoms with E-state index in [1.54, 1.807) is 0 Å². The first kappa shape index (κ1) is 13.3. The Morgan fingerprint density at radius 3 is 2.12 bits per heavy atom. The summed E-state index contributed by atoms with van der Waals surface area (Å²) >= 11 is 0. The molecule has 1 aliphatic rings. The second kappa shape index (κ2) is 5.55. The molecule has 1 rings (SSSR count). The summed E-state index contributed by atoms with van der Waals surface area (Å²) in [7, 11) is 1.93. The molecule has 0 aromatic rings. The second-order valence-corrected chi connectivity index (χ2v) is 5.41. The molecule has 0 radical (unpaired) electrons. The maximum absolute atomic E-state index is 12.3. The second-order valence-electron chi connectivity index (χ2n) is 5.41. The van der Waals surface area contributed by atoms with E-state index >= 15 is 0 Å². The van der Waals surface area contributed by atoms with E-state index in [0.717, 1.165) is 32.4 Å². The topological polar surface area (TPSA) is 23.6 Å². The van der Waals surface area contributed by atoms with Crippen LogP contribution in [-0.2, 0) is 0 Å². The highest BCUT2D eigenvalue weighted by Crippen LogP contribution is 2.19. The zero-order chi connectivity index (χ0) is 12.2. The van der Waals surface area contributed by atoms with Gasteiger partial charge in [0.1, 0.15) is 0 Å². The number of likely N-dealkylation sites (tertiary alicyclic amines) is 1. The minimum absolute atomic E-state index is 0.0383. The van der Waals surface area contributed by atoms with Crippen LogP contribution in [-0.4, -0.2) is 41.5 Å². The van der Waals surface area contributed by atoms with Crippen molar-refractivity contribution in [3.63, 3.8) is 0 Å². The van der Waals surface area contributed by atoms with E-state index in [-0.39, 0.29) is 11.6 Å². The maximum Gasteiger partial charge on any atom is 0.320 e. The lowest BCUT2D eigenvalue weighted by atomic mass is 10.0. The van der Waals surface area contributed by atoms with Crippen molar-refractivity contribution in [1.82, 2.24) is 9.80 Å². The molecular formula is C13H26N2O. The Morgan fingerprint density at radius 2 is 1.69 bits per heavy atom. The molecule has 0 atom stereocenters. The average Bonchev–Trinajstić information content (AvgIpc) is 2.55. The highest BCUT2D eigenvalue weighted by molar-refractivity contribution is 5.75. The van der Waals surface area contributed by atoms with Crippen LogP contribution < -0.4 is 0 Å². The predicted octanol–water partition coefficient (Wildman–Crippen LogP) is 3.10. The van der Waals surface area contributed by atoms with Gasteiger partial charge >= 0.3 is 6.03 Å². The quantitative estimate of drug-likeness (QED) is 0.709. The minimum Gasteiger partial charge on any atom is -0.325 e.